The van der Waals surface area contributed by atoms with Crippen molar-refractivity contribution >= 4 is 27.6 Å². The van der Waals surface area contributed by atoms with Crippen molar-refractivity contribution in [1.82, 2.24) is 4.72 Å². The number of methoxy groups -OCH3 is 1. The topological polar surface area (TPSA) is 72.5 Å². The molecule has 0 fully saturated rings. The van der Waals surface area contributed by atoms with Crippen LogP contribution in [0.2, 0.25) is 5.02 Å². The van der Waals surface area contributed by atoms with Crippen molar-refractivity contribution in [3.63, 3.8) is 0 Å². The summed E-state index contributed by atoms with van der Waals surface area (Å²) in [5.74, 6) is -0.267. The molecule has 0 aliphatic carbocycles. The van der Waals surface area contributed by atoms with Crippen molar-refractivity contribution in [2.24, 2.45) is 0 Å². The Kier molecular flexibility index (Phi) is 7.26. The minimum atomic E-state index is -3.78. The number of nitrogens with one attached hydrogen (secondary N) is 1. The fraction of sp³-hybridized carbons (Fsp3) is 0.174. The number of carbonyl (C=O) groups is 1. The van der Waals surface area contributed by atoms with E-state index in [1.54, 1.807) is 12.1 Å². The number of esters is 1. The van der Waals surface area contributed by atoms with Gasteiger partial charge in [-0.25, -0.2) is 8.42 Å². The average Bonchev–Trinajstić information content (AvgIpc) is 2.77. The van der Waals surface area contributed by atoms with Gasteiger partial charge in [0, 0.05) is 11.4 Å². The molecule has 3 aromatic rings. The first-order valence-corrected chi connectivity index (χ1v) is 11.2. The molecule has 0 heterocycles. The lowest BCUT2D eigenvalue weighted by Crippen LogP contribution is -2.29. The number of sulfonamides is 1. The minimum Gasteiger partial charge on any atom is -0.469 e. The van der Waals surface area contributed by atoms with Crippen molar-refractivity contribution in [3.8, 4) is 0 Å². The van der Waals surface area contributed by atoms with Gasteiger partial charge < -0.3 is 4.74 Å². The van der Waals surface area contributed by atoms with E-state index >= 15 is 0 Å². The van der Waals surface area contributed by atoms with Crippen LogP contribution in [0.4, 0.5) is 0 Å². The third kappa shape index (κ3) is 5.69. The SMILES string of the molecule is COC(=O)CCc1ccc(C(NS(=O)(=O)c2ccc(Cl)cc2)c2ccccc2)cc1. The average molecular weight is 444 g/mol. The molecule has 0 aliphatic heterocycles. The fourth-order valence-corrected chi connectivity index (χ4v) is 4.38. The Hall–Kier alpha value is -2.67. The highest BCUT2D eigenvalue weighted by molar-refractivity contribution is 7.89. The maximum Gasteiger partial charge on any atom is 0.305 e. The Morgan fingerprint density at radius 3 is 2.13 bits per heavy atom. The minimum absolute atomic E-state index is 0.141. The highest BCUT2D eigenvalue weighted by atomic mass is 35.5. The fourth-order valence-electron chi connectivity index (χ4n) is 3.04. The van der Waals surface area contributed by atoms with Gasteiger partial charge in [-0.05, 0) is 47.4 Å². The molecule has 0 saturated carbocycles. The third-order valence-electron chi connectivity index (χ3n) is 4.69. The van der Waals surface area contributed by atoms with Gasteiger partial charge in [-0.2, -0.15) is 4.72 Å². The Bertz CT molecular complexity index is 1080. The predicted octanol–water partition coefficient (Wildman–Crippen LogP) is 4.51. The second kappa shape index (κ2) is 9.89. The Morgan fingerprint density at radius 1 is 0.933 bits per heavy atom. The molecule has 0 aromatic heterocycles. The Balaban J connectivity index is 1.88. The summed E-state index contributed by atoms with van der Waals surface area (Å²) in [6, 6.07) is 22.4. The summed E-state index contributed by atoms with van der Waals surface area (Å²) in [6.07, 6.45) is 0.848. The van der Waals surface area contributed by atoms with Gasteiger partial charge in [-0.3, -0.25) is 4.79 Å². The van der Waals surface area contributed by atoms with Crippen LogP contribution in [0, 0.1) is 0 Å². The number of benzene rings is 3. The summed E-state index contributed by atoms with van der Waals surface area (Å²) in [5, 5.41) is 0.469. The number of halogens is 1. The van der Waals surface area contributed by atoms with Crippen LogP contribution in [0.1, 0.15) is 29.2 Å². The lowest BCUT2D eigenvalue weighted by atomic mass is 9.98. The van der Waals surface area contributed by atoms with E-state index in [9.17, 15) is 13.2 Å². The molecule has 1 atom stereocenters. The molecule has 5 nitrogen and oxygen atoms in total. The molecule has 0 radical (unpaired) electrons. The van der Waals surface area contributed by atoms with Crippen LogP contribution in [0.3, 0.4) is 0 Å². The molecular formula is C23H22ClNO4S. The number of rotatable bonds is 8. The van der Waals surface area contributed by atoms with E-state index in [0.717, 1.165) is 16.7 Å². The van der Waals surface area contributed by atoms with Gasteiger partial charge in [-0.1, -0.05) is 66.2 Å². The predicted molar refractivity (Wildman–Crippen MR) is 117 cm³/mol. The van der Waals surface area contributed by atoms with Crippen LogP contribution in [0.15, 0.2) is 83.8 Å². The number of hydrogen-bond acceptors (Lipinski definition) is 4. The molecule has 3 aromatic carbocycles. The van der Waals surface area contributed by atoms with Crippen molar-refractivity contribution < 1.29 is 17.9 Å². The van der Waals surface area contributed by atoms with Gasteiger partial charge >= 0.3 is 5.97 Å². The number of ether oxygens (including phenoxy) is 1. The van der Waals surface area contributed by atoms with E-state index in [-0.39, 0.29) is 10.9 Å². The van der Waals surface area contributed by atoms with Gasteiger partial charge in [0.25, 0.3) is 0 Å². The van der Waals surface area contributed by atoms with Gasteiger partial charge in [0.05, 0.1) is 18.0 Å². The summed E-state index contributed by atoms with van der Waals surface area (Å²) in [7, 11) is -2.41. The summed E-state index contributed by atoms with van der Waals surface area (Å²) in [5.41, 5.74) is 2.58. The third-order valence-corrected chi connectivity index (χ3v) is 6.38. The molecule has 1 N–H and O–H groups in total. The number of hydrogen-bond donors (Lipinski definition) is 1. The van der Waals surface area contributed by atoms with Crippen LogP contribution >= 0.6 is 11.6 Å². The number of aryl methyl sites for hydroxylation is 1. The van der Waals surface area contributed by atoms with Gasteiger partial charge in [0.1, 0.15) is 0 Å². The molecule has 7 heteroatoms. The molecule has 30 heavy (non-hydrogen) atoms. The standard InChI is InChI=1S/C23H22ClNO4S/c1-29-22(26)16-9-17-7-10-19(11-8-17)23(18-5-3-2-4-6-18)25-30(27,28)21-14-12-20(24)13-15-21/h2-8,10-15,23,25H,9,16H2,1H3. The molecule has 0 amide bonds. The highest BCUT2D eigenvalue weighted by Crippen LogP contribution is 2.25. The Morgan fingerprint density at radius 2 is 1.53 bits per heavy atom. The number of carbonyl (C=O) groups excluding carboxylic acids is 1. The second-order valence-corrected chi connectivity index (χ2v) is 8.89. The van der Waals surface area contributed by atoms with Crippen LogP contribution in [-0.4, -0.2) is 21.5 Å². The molecule has 0 bridgehead atoms. The van der Waals surface area contributed by atoms with Crippen molar-refractivity contribution in [3.05, 3.63) is 101 Å². The van der Waals surface area contributed by atoms with Crippen LogP contribution < -0.4 is 4.72 Å². The van der Waals surface area contributed by atoms with E-state index in [1.165, 1.54) is 19.2 Å². The first kappa shape index (κ1) is 22.0. The zero-order chi connectivity index (χ0) is 21.6. The molecule has 1 unspecified atom stereocenters. The smallest absolute Gasteiger partial charge is 0.305 e. The highest BCUT2D eigenvalue weighted by Gasteiger charge is 2.23. The lowest BCUT2D eigenvalue weighted by Gasteiger charge is -2.20. The zero-order valence-electron chi connectivity index (χ0n) is 16.4. The molecule has 156 valence electrons. The normalized spacial score (nSPS) is 12.3. The van der Waals surface area contributed by atoms with E-state index < -0.39 is 16.1 Å². The monoisotopic (exact) mass is 443 g/mol. The van der Waals surface area contributed by atoms with Crippen LogP contribution in [0.25, 0.3) is 0 Å². The summed E-state index contributed by atoms with van der Waals surface area (Å²) >= 11 is 5.88. The molecule has 3 rings (SSSR count). The maximum absolute atomic E-state index is 13.0. The van der Waals surface area contributed by atoms with Crippen molar-refractivity contribution in [2.75, 3.05) is 7.11 Å². The molecule has 0 aliphatic rings. The summed E-state index contributed by atoms with van der Waals surface area (Å²) in [4.78, 5) is 11.5. The first-order chi connectivity index (χ1) is 14.4. The van der Waals surface area contributed by atoms with E-state index in [2.05, 4.69) is 9.46 Å². The lowest BCUT2D eigenvalue weighted by molar-refractivity contribution is -0.140. The van der Waals surface area contributed by atoms with Crippen molar-refractivity contribution in [1.29, 1.82) is 0 Å². The summed E-state index contributed by atoms with van der Waals surface area (Å²) < 4.78 is 33.4. The van der Waals surface area contributed by atoms with Crippen LogP contribution in [0.5, 0.6) is 0 Å². The van der Waals surface area contributed by atoms with Gasteiger partial charge in [0.15, 0.2) is 0 Å². The van der Waals surface area contributed by atoms with Crippen LogP contribution in [-0.2, 0) is 26.0 Å². The second-order valence-electron chi connectivity index (χ2n) is 6.74. The van der Waals surface area contributed by atoms with E-state index in [0.29, 0.717) is 17.9 Å². The molecule has 0 saturated heterocycles. The zero-order valence-corrected chi connectivity index (χ0v) is 18.0. The maximum atomic E-state index is 13.0. The molecule has 0 spiro atoms. The molecular weight excluding hydrogens is 422 g/mol. The van der Waals surface area contributed by atoms with E-state index in [4.69, 9.17) is 11.6 Å². The quantitative estimate of drug-likeness (QED) is 0.520. The van der Waals surface area contributed by atoms with Crippen molar-refractivity contribution in [2.45, 2.75) is 23.8 Å². The van der Waals surface area contributed by atoms with Gasteiger partial charge in [0.2, 0.25) is 10.0 Å². The van der Waals surface area contributed by atoms with Gasteiger partial charge in [-0.15, -0.1) is 0 Å². The van der Waals surface area contributed by atoms with E-state index in [1.807, 2.05) is 54.6 Å². The summed E-state index contributed by atoms with van der Waals surface area (Å²) in [6.45, 7) is 0. The Labute approximate surface area is 181 Å². The largest absolute Gasteiger partial charge is 0.469 e. The first-order valence-electron chi connectivity index (χ1n) is 9.37.